The van der Waals surface area contributed by atoms with Crippen LogP contribution in [0.1, 0.15) is 62.5 Å². The Balaban J connectivity index is 1.48. The molecule has 0 bridgehead atoms. The third-order valence-corrected chi connectivity index (χ3v) is 9.13. The van der Waals surface area contributed by atoms with Crippen LogP contribution in [0.5, 0.6) is 0 Å². The number of methoxy groups -OCH3 is 2. The molecule has 0 saturated carbocycles. The molecule has 0 aliphatic carbocycles. The molecule has 2 aromatic rings. The van der Waals surface area contributed by atoms with E-state index in [9.17, 15) is 19.2 Å². The van der Waals surface area contributed by atoms with Gasteiger partial charge in [-0.15, -0.1) is 0 Å². The third kappa shape index (κ3) is 15.3. The predicted molar refractivity (Wildman–Crippen MR) is 170 cm³/mol. The van der Waals surface area contributed by atoms with E-state index >= 15 is 0 Å². The number of carbonyl (C=O) groups is 4. The molecule has 8 nitrogen and oxygen atoms in total. The van der Waals surface area contributed by atoms with E-state index in [-0.39, 0.29) is 11.8 Å². The normalized spacial score (nSPS) is 12.1. The van der Waals surface area contributed by atoms with Gasteiger partial charge in [0.1, 0.15) is 12.1 Å². The third-order valence-electron chi connectivity index (χ3n) is 6.55. The number of amides is 2. The number of benzene rings is 2. The van der Waals surface area contributed by atoms with Crippen molar-refractivity contribution in [2.24, 2.45) is 0 Å². The molecule has 0 aromatic heterocycles. The molecule has 0 aliphatic heterocycles. The number of hydrogen-bond acceptors (Lipinski definition) is 8. The van der Waals surface area contributed by atoms with E-state index in [0.717, 1.165) is 61.2 Å². The van der Waals surface area contributed by atoms with Gasteiger partial charge in [-0.25, -0.2) is 9.59 Å². The van der Waals surface area contributed by atoms with Crippen LogP contribution in [0.25, 0.3) is 0 Å². The van der Waals surface area contributed by atoms with Crippen LogP contribution < -0.4 is 10.6 Å². The molecule has 2 rings (SSSR count). The van der Waals surface area contributed by atoms with Gasteiger partial charge in [-0.1, -0.05) is 95.1 Å². The van der Waals surface area contributed by atoms with Crippen molar-refractivity contribution in [1.82, 2.24) is 10.6 Å². The van der Waals surface area contributed by atoms with Gasteiger partial charge in [0.2, 0.25) is 11.8 Å². The molecule has 2 aromatic carbocycles. The standard InChI is InChI=1S/C32H44N2O6S2/c1-39-31(37)27(23-25-15-7-3-8-16-25)33-29(35)19-11-5-13-21-41-42-22-14-6-12-20-30(36)34-28(32(38)40-2)24-26-17-9-4-10-18-26/h3-4,7-10,15-18,27-28H,5-6,11-14,19-24H2,1-2H3,(H,33,35)(H,34,36)/t27-,28-/m1/s1. The Hall–Kier alpha value is -2.98. The van der Waals surface area contributed by atoms with Crippen molar-refractivity contribution < 1.29 is 28.7 Å². The summed E-state index contributed by atoms with van der Waals surface area (Å²) in [4.78, 5) is 48.9. The first-order valence-corrected chi connectivity index (χ1v) is 17.0. The molecule has 2 amide bonds. The van der Waals surface area contributed by atoms with Gasteiger partial charge in [0, 0.05) is 37.2 Å². The van der Waals surface area contributed by atoms with Crippen molar-refractivity contribution in [3.63, 3.8) is 0 Å². The molecule has 0 fully saturated rings. The number of unbranched alkanes of at least 4 members (excludes halogenated alkanes) is 4. The summed E-state index contributed by atoms with van der Waals surface area (Å²) in [5.74, 6) is 0.904. The second-order valence-electron chi connectivity index (χ2n) is 9.93. The Kier molecular flexibility index (Phi) is 18.2. The SMILES string of the molecule is COC(=O)[C@@H](Cc1ccccc1)NC(=O)CCCCCSSCCCCCC(=O)N[C@H](Cc1ccccc1)C(=O)OC. The maximum atomic E-state index is 12.4. The zero-order valence-corrected chi connectivity index (χ0v) is 26.3. The molecule has 2 atom stereocenters. The smallest absolute Gasteiger partial charge is 0.328 e. The van der Waals surface area contributed by atoms with Crippen LogP contribution in [0.3, 0.4) is 0 Å². The Labute approximate surface area is 257 Å². The van der Waals surface area contributed by atoms with Gasteiger partial charge in [0.05, 0.1) is 14.2 Å². The van der Waals surface area contributed by atoms with E-state index in [1.807, 2.05) is 82.3 Å². The summed E-state index contributed by atoms with van der Waals surface area (Å²) < 4.78 is 9.72. The van der Waals surface area contributed by atoms with Crippen molar-refractivity contribution in [3.8, 4) is 0 Å². The second kappa shape index (κ2) is 21.7. The Bertz CT molecular complexity index is 986. The number of hydrogen-bond donors (Lipinski definition) is 2. The van der Waals surface area contributed by atoms with E-state index in [0.29, 0.717) is 25.7 Å². The summed E-state index contributed by atoms with van der Waals surface area (Å²) in [5.41, 5.74) is 1.94. The molecular formula is C32H44N2O6S2. The first kappa shape index (κ1) is 35.2. The molecule has 0 spiro atoms. The largest absolute Gasteiger partial charge is 0.467 e. The van der Waals surface area contributed by atoms with Crippen LogP contribution in [0.2, 0.25) is 0 Å². The monoisotopic (exact) mass is 616 g/mol. The molecule has 10 heteroatoms. The first-order chi connectivity index (χ1) is 20.4. The van der Waals surface area contributed by atoms with E-state index in [1.165, 1.54) is 14.2 Å². The van der Waals surface area contributed by atoms with Crippen molar-refractivity contribution in [2.75, 3.05) is 25.7 Å². The minimum atomic E-state index is -0.678. The Morgan fingerprint density at radius 2 is 0.976 bits per heavy atom. The number of rotatable bonds is 21. The van der Waals surface area contributed by atoms with Gasteiger partial charge in [-0.2, -0.15) is 0 Å². The number of carbonyl (C=O) groups excluding carboxylic acids is 4. The molecule has 2 N–H and O–H groups in total. The molecule has 0 aliphatic rings. The highest BCUT2D eigenvalue weighted by molar-refractivity contribution is 8.76. The summed E-state index contributed by atoms with van der Waals surface area (Å²) >= 11 is 0. The predicted octanol–water partition coefficient (Wildman–Crippen LogP) is 5.29. The summed E-state index contributed by atoms with van der Waals surface area (Å²) in [6.45, 7) is 0. The lowest BCUT2D eigenvalue weighted by molar-refractivity contribution is -0.145. The maximum absolute atomic E-state index is 12.4. The average Bonchev–Trinajstić information content (AvgIpc) is 3.01. The van der Waals surface area contributed by atoms with Gasteiger partial charge in [0.15, 0.2) is 0 Å². The van der Waals surface area contributed by atoms with Crippen molar-refractivity contribution in [3.05, 3.63) is 71.8 Å². The molecular weight excluding hydrogens is 572 g/mol. The zero-order valence-electron chi connectivity index (χ0n) is 24.7. The summed E-state index contributed by atoms with van der Waals surface area (Å²) in [6.07, 6.45) is 7.11. The van der Waals surface area contributed by atoms with Gasteiger partial charge < -0.3 is 20.1 Å². The number of nitrogens with one attached hydrogen (secondary N) is 2. The fourth-order valence-corrected chi connectivity index (χ4v) is 6.56. The topological polar surface area (TPSA) is 111 Å². The number of esters is 2. The highest BCUT2D eigenvalue weighted by Gasteiger charge is 2.22. The molecule has 0 heterocycles. The van der Waals surface area contributed by atoms with Crippen molar-refractivity contribution in [1.29, 1.82) is 0 Å². The minimum Gasteiger partial charge on any atom is -0.467 e. The van der Waals surface area contributed by atoms with Crippen molar-refractivity contribution >= 4 is 45.3 Å². The van der Waals surface area contributed by atoms with Gasteiger partial charge in [-0.05, 0) is 36.8 Å². The first-order valence-electron chi connectivity index (χ1n) is 14.5. The molecule has 230 valence electrons. The quantitative estimate of drug-likeness (QED) is 0.111. The average molecular weight is 617 g/mol. The molecule has 0 unspecified atom stereocenters. The molecule has 0 radical (unpaired) electrons. The fraction of sp³-hybridized carbons (Fsp3) is 0.500. The minimum absolute atomic E-state index is 0.131. The van der Waals surface area contributed by atoms with Crippen LogP contribution in [0.4, 0.5) is 0 Å². The lowest BCUT2D eigenvalue weighted by atomic mass is 10.1. The van der Waals surface area contributed by atoms with E-state index < -0.39 is 24.0 Å². The summed E-state index contributed by atoms with van der Waals surface area (Å²) in [7, 11) is 6.33. The van der Waals surface area contributed by atoms with E-state index in [2.05, 4.69) is 10.6 Å². The fourth-order valence-electron chi connectivity index (χ4n) is 4.27. The van der Waals surface area contributed by atoms with Gasteiger partial charge in [0.25, 0.3) is 0 Å². The van der Waals surface area contributed by atoms with Crippen LogP contribution in [-0.2, 0) is 41.5 Å². The Morgan fingerprint density at radius 3 is 1.33 bits per heavy atom. The lowest BCUT2D eigenvalue weighted by Crippen LogP contribution is -2.43. The van der Waals surface area contributed by atoms with Gasteiger partial charge in [-0.3, -0.25) is 9.59 Å². The molecule has 42 heavy (non-hydrogen) atoms. The van der Waals surface area contributed by atoms with E-state index in [4.69, 9.17) is 9.47 Å². The van der Waals surface area contributed by atoms with Gasteiger partial charge >= 0.3 is 11.9 Å². The maximum Gasteiger partial charge on any atom is 0.328 e. The second-order valence-corrected chi connectivity index (χ2v) is 12.6. The van der Waals surface area contributed by atoms with E-state index in [1.54, 1.807) is 0 Å². The van der Waals surface area contributed by atoms with Crippen LogP contribution >= 0.6 is 21.6 Å². The number of ether oxygens (including phenoxy) is 2. The van der Waals surface area contributed by atoms with Crippen LogP contribution in [0.15, 0.2) is 60.7 Å². The Morgan fingerprint density at radius 1 is 0.595 bits per heavy atom. The molecule has 0 saturated heterocycles. The highest BCUT2D eigenvalue weighted by Crippen LogP contribution is 2.24. The highest BCUT2D eigenvalue weighted by atomic mass is 33.1. The van der Waals surface area contributed by atoms with Crippen LogP contribution in [-0.4, -0.2) is 61.6 Å². The lowest BCUT2D eigenvalue weighted by Gasteiger charge is -2.16. The zero-order chi connectivity index (χ0) is 30.4. The van der Waals surface area contributed by atoms with Crippen LogP contribution in [0, 0.1) is 0 Å². The summed E-state index contributed by atoms with van der Waals surface area (Å²) in [5, 5.41) is 5.63. The van der Waals surface area contributed by atoms with Crippen molar-refractivity contribution in [2.45, 2.75) is 76.3 Å². The summed E-state index contributed by atoms with van der Waals surface area (Å²) in [6, 6.07) is 17.8.